The first kappa shape index (κ1) is 32.2. The molecule has 8 atom stereocenters. The van der Waals surface area contributed by atoms with Crippen LogP contribution >= 0.6 is 11.6 Å². The molecular formula is C33H46ClN3O5. The van der Waals surface area contributed by atoms with Crippen LogP contribution in [0.4, 0.5) is 5.69 Å². The number of hydrogen-bond acceptors (Lipinski definition) is 5. The SMILES string of the molecule is C=CCN(CCC)C(=O)[C@H]1[C@H]2C(=O)N([C@@H](CO)[C@@H](C)CC)C(C(=O)N(CC=C)c3ccc(Cl)cc3)C23CC(C)[C@]1(C)O3. The van der Waals surface area contributed by atoms with Gasteiger partial charge in [-0.05, 0) is 55.9 Å². The highest BCUT2D eigenvalue weighted by molar-refractivity contribution is 6.30. The third-order valence-corrected chi connectivity index (χ3v) is 10.2. The van der Waals surface area contributed by atoms with Gasteiger partial charge in [0.2, 0.25) is 11.8 Å². The number of aliphatic hydroxyl groups is 1. The van der Waals surface area contributed by atoms with Crippen molar-refractivity contribution in [2.24, 2.45) is 23.7 Å². The van der Waals surface area contributed by atoms with Crippen LogP contribution in [0.2, 0.25) is 5.02 Å². The van der Waals surface area contributed by atoms with Crippen molar-refractivity contribution in [1.29, 1.82) is 0 Å². The molecule has 3 saturated heterocycles. The van der Waals surface area contributed by atoms with Gasteiger partial charge in [-0.1, -0.05) is 57.9 Å². The Hall–Kier alpha value is -2.68. The molecule has 1 spiro atoms. The van der Waals surface area contributed by atoms with Crippen LogP contribution in [0.3, 0.4) is 0 Å². The summed E-state index contributed by atoms with van der Waals surface area (Å²) in [5.74, 6) is -2.56. The van der Waals surface area contributed by atoms with Crippen molar-refractivity contribution in [1.82, 2.24) is 9.80 Å². The lowest BCUT2D eigenvalue weighted by Crippen LogP contribution is -2.60. The summed E-state index contributed by atoms with van der Waals surface area (Å²) < 4.78 is 6.94. The molecule has 0 radical (unpaired) electrons. The molecule has 4 rings (SSSR count). The number of fused-ring (bicyclic) bond motifs is 1. The Bertz CT molecular complexity index is 1210. The van der Waals surface area contributed by atoms with Gasteiger partial charge in [0.1, 0.15) is 11.6 Å². The number of nitrogens with zero attached hydrogens (tertiary/aromatic N) is 3. The summed E-state index contributed by atoms with van der Waals surface area (Å²) in [4.78, 5) is 48.8. The van der Waals surface area contributed by atoms with E-state index in [2.05, 4.69) is 13.2 Å². The zero-order valence-corrected chi connectivity index (χ0v) is 26.3. The second-order valence-electron chi connectivity index (χ2n) is 12.4. The molecule has 2 bridgehead atoms. The van der Waals surface area contributed by atoms with Crippen LogP contribution in [0.1, 0.15) is 53.9 Å². The molecule has 42 heavy (non-hydrogen) atoms. The van der Waals surface area contributed by atoms with Crippen LogP contribution < -0.4 is 4.90 Å². The van der Waals surface area contributed by atoms with Gasteiger partial charge in [-0.15, -0.1) is 13.2 Å². The summed E-state index contributed by atoms with van der Waals surface area (Å²) in [6, 6.07) is 5.31. The lowest BCUT2D eigenvalue weighted by molar-refractivity contribution is -0.154. The Morgan fingerprint density at radius 1 is 1.19 bits per heavy atom. The average Bonchev–Trinajstić information content (AvgIpc) is 3.48. The van der Waals surface area contributed by atoms with Gasteiger partial charge in [-0.2, -0.15) is 0 Å². The zero-order valence-electron chi connectivity index (χ0n) is 25.6. The van der Waals surface area contributed by atoms with E-state index in [9.17, 15) is 19.5 Å². The van der Waals surface area contributed by atoms with E-state index in [4.69, 9.17) is 16.3 Å². The first-order chi connectivity index (χ1) is 20.0. The highest BCUT2D eigenvalue weighted by Crippen LogP contribution is 2.66. The van der Waals surface area contributed by atoms with Gasteiger partial charge in [-0.25, -0.2) is 0 Å². The minimum atomic E-state index is -1.22. The molecule has 3 aliphatic heterocycles. The fourth-order valence-corrected chi connectivity index (χ4v) is 7.76. The van der Waals surface area contributed by atoms with Gasteiger partial charge >= 0.3 is 0 Å². The Morgan fingerprint density at radius 3 is 2.38 bits per heavy atom. The quantitative estimate of drug-likeness (QED) is 0.332. The Kier molecular flexibility index (Phi) is 9.60. The Labute approximate surface area is 255 Å². The summed E-state index contributed by atoms with van der Waals surface area (Å²) in [5.41, 5.74) is -1.54. The molecule has 0 aromatic heterocycles. The number of amides is 3. The molecule has 3 aliphatic rings. The van der Waals surface area contributed by atoms with Crippen molar-refractivity contribution in [3.8, 4) is 0 Å². The van der Waals surface area contributed by atoms with E-state index in [1.165, 1.54) is 0 Å². The second-order valence-corrected chi connectivity index (χ2v) is 12.8. The van der Waals surface area contributed by atoms with E-state index in [1.54, 1.807) is 51.1 Å². The first-order valence-corrected chi connectivity index (χ1v) is 15.6. The van der Waals surface area contributed by atoms with E-state index >= 15 is 0 Å². The molecular weight excluding hydrogens is 554 g/mol. The standard InChI is InChI=1S/C33H46ClN3O5/c1-8-16-35(17-9-2)29(39)26-27-30(40)37(25(20-38)21(5)11-4)28(33(27)19-22(6)32(26,7)42-33)31(41)36(18-10-3)24-14-12-23(34)13-15-24/h8,10,12-15,21-22,25-28,38H,1,3,9,11,16-20H2,2,4-7H3/t21-,22?,25-,26+,27-,28?,32-,33?/m0/s1. The maximum atomic E-state index is 14.8. The van der Waals surface area contributed by atoms with Crippen LogP contribution in [-0.2, 0) is 19.1 Å². The van der Waals surface area contributed by atoms with Crippen LogP contribution in [0.15, 0.2) is 49.6 Å². The summed E-state index contributed by atoms with van der Waals surface area (Å²) in [7, 11) is 0. The molecule has 3 heterocycles. The van der Waals surface area contributed by atoms with Crippen molar-refractivity contribution in [2.75, 3.05) is 31.1 Å². The fourth-order valence-electron chi connectivity index (χ4n) is 7.64. The zero-order chi connectivity index (χ0) is 31.0. The minimum absolute atomic E-state index is 0.0856. The molecule has 1 N–H and O–H groups in total. The van der Waals surface area contributed by atoms with E-state index in [-0.39, 0.29) is 42.7 Å². The summed E-state index contributed by atoms with van der Waals surface area (Å²) in [5, 5.41) is 11.2. The Balaban J connectivity index is 1.90. The van der Waals surface area contributed by atoms with Crippen molar-refractivity contribution in [3.63, 3.8) is 0 Å². The average molecular weight is 600 g/mol. The third kappa shape index (κ3) is 4.99. The van der Waals surface area contributed by atoms with E-state index < -0.39 is 35.1 Å². The molecule has 3 fully saturated rings. The van der Waals surface area contributed by atoms with E-state index in [0.717, 1.165) is 6.42 Å². The van der Waals surface area contributed by atoms with Gasteiger partial charge < -0.3 is 24.5 Å². The molecule has 0 aliphatic carbocycles. The topological polar surface area (TPSA) is 90.4 Å². The van der Waals surface area contributed by atoms with E-state index in [0.29, 0.717) is 36.6 Å². The number of ether oxygens (including phenoxy) is 1. The van der Waals surface area contributed by atoms with Gasteiger partial charge in [-0.3, -0.25) is 14.4 Å². The molecule has 230 valence electrons. The number of halogens is 1. The summed E-state index contributed by atoms with van der Waals surface area (Å²) in [6.07, 6.45) is 5.24. The minimum Gasteiger partial charge on any atom is -0.394 e. The third-order valence-electron chi connectivity index (χ3n) is 9.97. The number of anilines is 1. The molecule has 8 nitrogen and oxygen atoms in total. The number of hydrogen-bond donors (Lipinski definition) is 1. The molecule has 1 aromatic carbocycles. The van der Waals surface area contributed by atoms with E-state index in [1.807, 2.05) is 34.6 Å². The lowest BCUT2D eigenvalue weighted by atomic mass is 9.62. The largest absolute Gasteiger partial charge is 0.394 e. The van der Waals surface area contributed by atoms with Gasteiger partial charge in [0.25, 0.3) is 5.91 Å². The van der Waals surface area contributed by atoms with Crippen LogP contribution in [0, 0.1) is 23.7 Å². The molecule has 3 unspecified atom stereocenters. The highest BCUT2D eigenvalue weighted by Gasteiger charge is 2.80. The fraction of sp³-hybridized carbons (Fsp3) is 0.606. The van der Waals surface area contributed by atoms with Gasteiger partial charge in [0, 0.05) is 30.3 Å². The summed E-state index contributed by atoms with van der Waals surface area (Å²) >= 11 is 6.16. The van der Waals surface area contributed by atoms with Crippen LogP contribution in [0.25, 0.3) is 0 Å². The molecule has 9 heteroatoms. The molecule has 0 saturated carbocycles. The van der Waals surface area contributed by atoms with Crippen LogP contribution in [0.5, 0.6) is 0 Å². The highest BCUT2D eigenvalue weighted by atomic mass is 35.5. The number of carbonyl (C=O) groups excluding carboxylic acids is 3. The van der Waals surface area contributed by atoms with Crippen molar-refractivity contribution in [2.45, 2.75) is 77.2 Å². The van der Waals surface area contributed by atoms with Crippen molar-refractivity contribution in [3.05, 3.63) is 54.6 Å². The Morgan fingerprint density at radius 2 is 1.83 bits per heavy atom. The van der Waals surface area contributed by atoms with Crippen molar-refractivity contribution >= 4 is 35.0 Å². The lowest BCUT2D eigenvalue weighted by Gasteiger charge is -2.41. The predicted molar refractivity (Wildman–Crippen MR) is 165 cm³/mol. The van der Waals surface area contributed by atoms with Crippen molar-refractivity contribution < 1.29 is 24.2 Å². The number of carbonyl (C=O) groups is 3. The normalized spacial score (nSPS) is 31.0. The van der Waals surface area contributed by atoms with Crippen LogP contribution in [-0.4, -0.2) is 82.2 Å². The predicted octanol–water partition coefficient (Wildman–Crippen LogP) is 4.70. The maximum Gasteiger partial charge on any atom is 0.253 e. The number of aliphatic hydroxyl groups excluding tert-OH is 1. The maximum absolute atomic E-state index is 14.8. The summed E-state index contributed by atoms with van der Waals surface area (Å²) in [6.45, 7) is 18.4. The molecule has 3 amide bonds. The molecule has 1 aromatic rings. The van der Waals surface area contributed by atoms with Gasteiger partial charge in [0.15, 0.2) is 0 Å². The smallest absolute Gasteiger partial charge is 0.253 e. The number of rotatable bonds is 13. The monoisotopic (exact) mass is 599 g/mol. The first-order valence-electron chi connectivity index (χ1n) is 15.2. The van der Waals surface area contributed by atoms with Gasteiger partial charge in [0.05, 0.1) is 30.1 Å². The second kappa shape index (κ2) is 12.5. The number of benzene rings is 1. The number of likely N-dealkylation sites (tertiary alicyclic amines) is 1.